The third kappa shape index (κ3) is 5.52. The number of nitrogens with zero attached hydrogens (tertiary/aromatic N) is 4. The van der Waals surface area contributed by atoms with E-state index in [-0.39, 0.29) is 16.7 Å². The number of halogens is 4. The molecule has 0 radical (unpaired) electrons. The first-order valence-electron chi connectivity index (χ1n) is 11.8. The minimum Gasteiger partial charge on any atom is -0.404 e. The van der Waals surface area contributed by atoms with Crippen LogP contribution in [0.4, 0.5) is 13.2 Å². The van der Waals surface area contributed by atoms with Crippen molar-refractivity contribution >= 4 is 35.0 Å². The number of hydrogen-bond donors (Lipinski definition) is 1. The van der Waals surface area contributed by atoms with Crippen molar-refractivity contribution in [2.24, 2.45) is 15.7 Å². The molecule has 1 aromatic heterocycles. The second kappa shape index (κ2) is 11.5. The number of aromatic nitrogens is 1. The lowest BCUT2D eigenvalue weighted by molar-refractivity contribution is 0.0507. The summed E-state index contributed by atoms with van der Waals surface area (Å²) in [5.41, 5.74) is 9.07. The standard InChI is InChI=1S/C27H23ClF3N5OS/c28-21-10-18(29)6-7-20(21)24-23(17(12-32)13-34-27(30)31)22-11-19(37-15-16-4-2-1-3-5-16)14-36(22)25(35-24)26-33-8-9-38-26/h1-10,12-13,19,24,27H,11,14-15,32H2/t19-,24-/m0/s1. The van der Waals surface area contributed by atoms with E-state index < -0.39 is 18.4 Å². The van der Waals surface area contributed by atoms with Crippen LogP contribution in [0.2, 0.25) is 5.02 Å². The van der Waals surface area contributed by atoms with Gasteiger partial charge in [0.15, 0.2) is 10.8 Å². The van der Waals surface area contributed by atoms with E-state index in [4.69, 9.17) is 27.1 Å². The third-order valence-electron chi connectivity index (χ3n) is 6.25. The lowest BCUT2D eigenvalue weighted by Crippen LogP contribution is -2.35. The molecule has 3 aromatic rings. The summed E-state index contributed by atoms with van der Waals surface area (Å²) in [6, 6.07) is 13.1. The summed E-state index contributed by atoms with van der Waals surface area (Å²) in [6.45, 7) is -2.04. The van der Waals surface area contributed by atoms with E-state index in [0.29, 0.717) is 41.6 Å². The fourth-order valence-corrected chi connectivity index (χ4v) is 5.52. The maximum Gasteiger partial charge on any atom is 0.331 e. The average Bonchev–Trinajstić information content (AvgIpc) is 3.59. The van der Waals surface area contributed by atoms with E-state index in [1.54, 1.807) is 6.20 Å². The maximum atomic E-state index is 13.9. The number of alkyl halides is 2. The first-order valence-corrected chi connectivity index (χ1v) is 13.0. The Labute approximate surface area is 226 Å². The third-order valence-corrected chi connectivity index (χ3v) is 7.35. The van der Waals surface area contributed by atoms with Gasteiger partial charge in [-0.1, -0.05) is 48.0 Å². The molecule has 1 saturated heterocycles. The number of benzene rings is 2. The first-order chi connectivity index (χ1) is 18.4. The van der Waals surface area contributed by atoms with Crippen LogP contribution < -0.4 is 5.73 Å². The van der Waals surface area contributed by atoms with Crippen LogP contribution in [0.15, 0.2) is 93.1 Å². The summed E-state index contributed by atoms with van der Waals surface area (Å²) in [7, 11) is 0. The van der Waals surface area contributed by atoms with Gasteiger partial charge >= 0.3 is 6.55 Å². The van der Waals surface area contributed by atoms with Crippen LogP contribution in [0, 0.1) is 5.82 Å². The van der Waals surface area contributed by atoms with E-state index in [2.05, 4.69) is 9.98 Å². The predicted molar refractivity (Wildman–Crippen MR) is 143 cm³/mol. The van der Waals surface area contributed by atoms with Crippen LogP contribution in [0.3, 0.4) is 0 Å². The molecule has 0 amide bonds. The van der Waals surface area contributed by atoms with Gasteiger partial charge in [-0.25, -0.2) is 14.4 Å². The predicted octanol–water partition coefficient (Wildman–Crippen LogP) is 6.12. The van der Waals surface area contributed by atoms with Gasteiger partial charge < -0.3 is 15.4 Å². The van der Waals surface area contributed by atoms with Crippen molar-refractivity contribution in [1.82, 2.24) is 9.88 Å². The lowest BCUT2D eigenvalue weighted by Gasteiger charge is -2.33. The van der Waals surface area contributed by atoms with Crippen LogP contribution in [0.25, 0.3) is 0 Å². The van der Waals surface area contributed by atoms with Crippen molar-refractivity contribution in [2.75, 3.05) is 6.54 Å². The number of thiazole rings is 1. The van der Waals surface area contributed by atoms with Crippen LogP contribution in [0.5, 0.6) is 0 Å². The normalized spacial score (nSPS) is 20.0. The Morgan fingerprint density at radius 2 is 2.08 bits per heavy atom. The molecule has 1 fully saturated rings. The zero-order valence-corrected chi connectivity index (χ0v) is 21.5. The number of aliphatic imine (C=N–C) groups is 2. The zero-order chi connectivity index (χ0) is 26.6. The van der Waals surface area contributed by atoms with Crippen molar-refractivity contribution in [3.63, 3.8) is 0 Å². The van der Waals surface area contributed by atoms with Gasteiger partial charge in [-0.05, 0) is 23.3 Å². The summed E-state index contributed by atoms with van der Waals surface area (Å²) in [6.07, 6.45) is 4.18. The van der Waals surface area contributed by atoms with Crippen LogP contribution in [-0.2, 0) is 11.3 Å². The molecular weight excluding hydrogens is 535 g/mol. The van der Waals surface area contributed by atoms with E-state index in [0.717, 1.165) is 17.5 Å². The minimum atomic E-state index is -2.91. The zero-order valence-electron chi connectivity index (χ0n) is 20.0. The molecule has 0 unspecified atom stereocenters. The van der Waals surface area contributed by atoms with E-state index in [9.17, 15) is 13.2 Å². The number of nitrogens with two attached hydrogens (primary N) is 1. The lowest BCUT2D eigenvalue weighted by atomic mass is 9.89. The van der Waals surface area contributed by atoms with E-state index in [1.165, 1.54) is 35.7 Å². The molecule has 2 aromatic carbocycles. The van der Waals surface area contributed by atoms with Gasteiger partial charge in [0.25, 0.3) is 0 Å². The summed E-state index contributed by atoms with van der Waals surface area (Å²) < 4.78 is 46.3. The highest BCUT2D eigenvalue weighted by atomic mass is 35.5. The van der Waals surface area contributed by atoms with Gasteiger partial charge in [0.05, 0.1) is 19.3 Å². The Bertz CT molecular complexity index is 1410. The van der Waals surface area contributed by atoms with Gasteiger partial charge in [0.2, 0.25) is 0 Å². The second-order valence-corrected chi connectivity index (χ2v) is 9.93. The number of ether oxygens (including phenoxy) is 1. The van der Waals surface area contributed by atoms with Crippen molar-refractivity contribution in [1.29, 1.82) is 0 Å². The Morgan fingerprint density at radius 1 is 1.26 bits per heavy atom. The van der Waals surface area contributed by atoms with Crippen molar-refractivity contribution < 1.29 is 17.9 Å². The average molecular weight is 558 g/mol. The fraction of sp³-hybridized carbons (Fsp3) is 0.222. The summed E-state index contributed by atoms with van der Waals surface area (Å²) in [4.78, 5) is 14.7. The quantitative estimate of drug-likeness (QED) is 0.267. The Hall–Kier alpha value is -3.47. The molecule has 5 rings (SSSR count). The maximum absolute atomic E-state index is 13.9. The van der Waals surface area contributed by atoms with E-state index in [1.807, 2.05) is 40.6 Å². The van der Waals surface area contributed by atoms with Gasteiger partial charge in [0, 0.05) is 52.3 Å². The number of fused-ring (bicyclic) bond motifs is 1. The highest BCUT2D eigenvalue weighted by molar-refractivity contribution is 7.11. The van der Waals surface area contributed by atoms with E-state index >= 15 is 0 Å². The second-order valence-electron chi connectivity index (χ2n) is 8.63. The molecule has 0 bridgehead atoms. The molecule has 196 valence electrons. The number of hydrogen-bond acceptors (Lipinski definition) is 7. The molecule has 0 saturated carbocycles. The molecule has 0 spiro atoms. The fourth-order valence-electron chi connectivity index (χ4n) is 4.60. The molecule has 11 heteroatoms. The van der Waals surface area contributed by atoms with Crippen LogP contribution in [-0.4, -0.2) is 41.1 Å². The summed E-state index contributed by atoms with van der Waals surface area (Å²) >= 11 is 7.90. The smallest absolute Gasteiger partial charge is 0.331 e. The molecule has 3 heterocycles. The molecule has 6 nitrogen and oxygen atoms in total. The largest absolute Gasteiger partial charge is 0.404 e. The van der Waals surface area contributed by atoms with Crippen molar-refractivity contribution in [3.05, 3.63) is 110 Å². The van der Waals surface area contributed by atoms with Crippen molar-refractivity contribution in [3.8, 4) is 0 Å². The number of amidine groups is 1. The Kier molecular flexibility index (Phi) is 7.92. The molecule has 2 N–H and O–H groups in total. The van der Waals surface area contributed by atoms with Gasteiger partial charge in [-0.3, -0.25) is 4.99 Å². The molecule has 0 aliphatic carbocycles. The van der Waals surface area contributed by atoms with Crippen molar-refractivity contribution in [2.45, 2.75) is 31.7 Å². The molecule has 2 atom stereocenters. The Morgan fingerprint density at radius 3 is 2.76 bits per heavy atom. The molecule has 2 aliphatic heterocycles. The molecule has 2 aliphatic rings. The Balaban J connectivity index is 1.61. The highest BCUT2D eigenvalue weighted by Gasteiger charge is 2.41. The number of rotatable bonds is 8. The highest BCUT2D eigenvalue weighted by Crippen LogP contribution is 2.45. The molecule has 38 heavy (non-hydrogen) atoms. The molecular formula is C27H23ClF3N5OS. The SMILES string of the molecule is NC=C(C=NC(F)F)C1=C2C[C@H](OCc3ccccc3)CN2C(c2nccs2)=N[C@H]1c1ccc(F)cc1Cl. The monoisotopic (exact) mass is 557 g/mol. The summed E-state index contributed by atoms with van der Waals surface area (Å²) in [5, 5.41) is 2.67. The first kappa shape index (κ1) is 26.1. The van der Waals surface area contributed by atoms with Gasteiger partial charge in [-0.15, -0.1) is 11.3 Å². The van der Waals surface area contributed by atoms with Gasteiger partial charge in [0.1, 0.15) is 11.9 Å². The topological polar surface area (TPSA) is 76.1 Å². The van der Waals surface area contributed by atoms with Gasteiger partial charge in [-0.2, -0.15) is 8.78 Å². The van der Waals surface area contributed by atoms with Crippen LogP contribution in [0.1, 0.15) is 28.6 Å². The minimum absolute atomic E-state index is 0.154. The van der Waals surface area contributed by atoms with Crippen LogP contribution >= 0.6 is 22.9 Å². The summed E-state index contributed by atoms with van der Waals surface area (Å²) in [5.74, 6) is 0.0933.